The Balaban J connectivity index is 2.18. The van der Waals surface area contributed by atoms with Gasteiger partial charge in [0.25, 0.3) is 0 Å². The number of aryl methyl sites for hydroxylation is 1. The fourth-order valence-corrected chi connectivity index (χ4v) is 2.01. The van der Waals surface area contributed by atoms with Crippen molar-refractivity contribution in [1.82, 2.24) is 15.3 Å². The number of carbonyl (C=O) groups excluding carboxylic acids is 1. The van der Waals surface area contributed by atoms with Gasteiger partial charge in [0, 0.05) is 25.1 Å². The van der Waals surface area contributed by atoms with Crippen LogP contribution in [0.15, 0.2) is 0 Å². The summed E-state index contributed by atoms with van der Waals surface area (Å²) in [6.07, 6.45) is 0.499. The second kappa shape index (κ2) is 5.20. The first-order valence-corrected chi connectivity index (χ1v) is 6.22. The zero-order valence-corrected chi connectivity index (χ0v) is 11.0. The molecule has 6 heteroatoms. The van der Waals surface area contributed by atoms with Gasteiger partial charge in [-0.2, -0.15) is 0 Å². The van der Waals surface area contributed by atoms with Crippen molar-refractivity contribution in [1.29, 1.82) is 0 Å². The van der Waals surface area contributed by atoms with Crippen LogP contribution in [0.1, 0.15) is 24.7 Å². The predicted molar refractivity (Wildman–Crippen MR) is 70.7 cm³/mol. The summed E-state index contributed by atoms with van der Waals surface area (Å²) in [4.78, 5) is 19.9. The highest BCUT2D eigenvalue weighted by Gasteiger charge is 2.22. The molecule has 0 bridgehead atoms. The molecule has 0 aliphatic carbocycles. The Labute approximate surface area is 107 Å². The molecule has 2 rings (SSSR count). The Hall–Kier alpha value is -1.85. The molecule has 6 nitrogen and oxygen atoms in total. The zero-order valence-electron chi connectivity index (χ0n) is 11.0. The van der Waals surface area contributed by atoms with Gasteiger partial charge < -0.3 is 16.0 Å². The lowest BCUT2D eigenvalue weighted by atomic mass is 10.2. The van der Waals surface area contributed by atoms with Crippen LogP contribution in [-0.4, -0.2) is 35.0 Å². The molecule has 2 heterocycles. The summed E-state index contributed by atoms with van der Waals surface area (Å²) >= 11 is 0. The number of carbonyl (C=O) groups is 1. The summed E-state index contributed by atoms with van der Waals surface area (Å²) in [5.74, 6) is 2.46. The van der Waals surface area contributed by atoms with Crippen molar-refractivity contribution in [2.45, 2.75) is 33.2 Å². The summed E-state index contributed by atoms with van der Waals surface area (Å²) in [5, 5.41) is 9.33. The summed E-state index contributed by atoms with van der Waals surface area (Å²) < 4.78 is 0. The molecule has 18 heavy (non-hydrogen) atoms. The second-order valence-electron chi connectivity index (χ2n) is 4.47. The van der Waals surface area contributed by atoms with E-state index in [1.807, 2.05) is 20.8 Å². The van der Waals surface area contributed by atoms with Crippen LogP contribution in [0.5, 0.6) is 0 Å². The van der Waals surface area contributed by atoms with Crippen LogP contribution in [0.25, 0.3) is 0 Å². The van der Waals surface area contributed by atoms with Crippen molar-refractivity contribution in [3.63, 3.8) is 0 Å². The van der Waals surface area contributed by atoms with Gasteiger partial charge in [-0.25, -0.2) is 9.97 Å². The lowest BCUT2D eigenvalue weighted by molar-refractivity contribution is -0.119. The van der Waals surface area contributed by atoms with Crippen LogP contribution < -0.4 is 16.0 Å². The third-order valence-electron chi connectivity index (χ3n) is 2.92. The Morgan fingerprint density at radius 1 is 1.33 bits per heavy atom. The van der Waals surface area contributed by atoms with Crippen LogP contribution in [0.2, 0.25) is 0 Å². The van der Waals surface area contributed by atoms with E-state index in [-0.39, 0.29) is 11.9 Å². The van der Waals surface area contributed by atoms with E-state index in [2.05, 4.69) is 25.9 Å². The number of amides is 1. The number of rotatable bonds is 4. The van der Waals surface area contributed by atoms with Gasteiger partial charge in [-0.1, -0.05) is 0 Å². The number of nitrogens with one attached hydrogen (secondary N) is 3. The monoisotopic (exact) mass is 249 g/mol. The normalized spacial score (nSPS) is 18.6. The lowest BCUT2D eigenvalue weighted by Gasteiger charge is -2.16. The van der Waals surface area contributed by atoms with Gasteiger partial charge in [-0.05, 0) is 20.8 Å². The van der Waals surface area contributed by atoms with Crippen molar-refractivity contribution < 1.29 is 4.79 Å². The molecule has 1 aromatic rings. The smallest absolute Gasteiger partial charge is 0.222 e. The predicted octanol–water partition coefficient (Wildman–Crippen LogP) is 0.826. The molecular formula is C12H19N5O. The molecule has 0 spiro atoms. The van der Waals surface area contributed by atoms with Crippen molar-refractivity contribution in [3.05, 3.63) is 11.4 Å². The van der Waals surface area contributed by atoms with E-state index >= 15 is 0 Å². The minimum atomic E-state index is 0.0860. The van der Waals surface area contributed by atoms with Gasteiger partial charge in [0.05, 0.1) is 6.04 Å². The third kappa shape index (κ3) is 2.69. The van der Waals surface area contributed by atoms with E-state index in [4.69, 9.17) is 0 Å². The van der Waals surface area contributed by atoms with Crippen LogP contribution in [0.3, 0.4) is 0 Å². The van der Waals surface area contributed by atoms with E-state index in [9.17, 15) is 4.79 Å². The van der Waals surface area contributed by atoms with E-state index in [0.717, 1.165) is 29.6 Å². The van der Waals surface area contributed by atoms with E-state index in [1.165, 1.54) is 0 Å². The van der Waals surface area contributed by atoms with Gasteiger partial charge in [-0.15, -0.1) is 0 Å². The van der Waals surface area contributed by atoms with Gasteiger partial charge in [0.1, 0.15) is 17.5 Å². The van der Waals surface area contributed by atoms with E-state index < -0.39 is 0 Å². The molecule has 1 aliphatic rings. The molecule has 1 aromatic heterocycles. The summed E-state index contributed by atoms with van der Waals surface area (Å²) in [5.41, 5.74) is 0.988. The largest absolute Gasteiger partial charge is 0.370 e. The molecule has 0 saturated carbocycles. The molecule has 0 radical (unpaired) electrons. The number of aromatic nitrogens is 2. The average Bonchev–Trinajstić information content (AvgIpc) is 2.71. The molecule has 0 aromatic carbocycles. The van der Waals surface area contributed by atoms with Crippen molar-refractivity contribution in [3.8, 4) is 0 Å². The van der Waals surface area contributed by atoms with Crippen LogP contribution in [0.4, 0.5) is 11.6 Å². The first-order chi connectivity index (χ1) is 8.60. The maximum atomic E-state index is 11.2. The van der Waals surface area contributed by atoms with Crippen molar-refractivity contribution >= 4 is 17.5 Å². The Kier molecular flexibility index (Phi) is 3.64. The molecule has 98 valence electrons. The number of hydrogen-bond acceptors (Lipinski definition) is 5. The van der Waals surface area contributed by atoms with Gasteiger partial charge in [0.2, 0.25) is 5.91 Å². The molecule has 1 fully saturated rings. The molecule has 1 unspecified atom stereocenters. The molecule has 1 atom stereocenters. The Morgan fingerprint density at radius 2 is 2.06 bits per heavy atom. The Morgan fingerprint density at radius 3 is 2.67 bits per heavy atom. The highest BCUT2D eigenvalue weighted by atomic mass is 16.1. The van der Waals surface area contributed by atoms with E-state index in [1.54, 1.807) is 0 Å². The van der Waals surface area contributed by atoms with Crippen molar-refractivity contribution in [2.75, 3.05) is 23.7 Å². The molecule has 1 amide bonds. The van der Waals surface area contributed by atoms with Gasteiger partial charge >= 0.3 is 0 Å². The average molecular weight is 249 g/mol. The number of nitrogens with zero attached hydrogens (tertiary/aromatic N) is 2. The third-order valence-corrected chi connectivity index (χ3v) is 2.92. The summed E-state index contributed by atoms with van der Waals surface area (Å²) in [7, 11) is 0. The van der Waals surface area contributed by atoms with Crippen LogP contribution >= 0.6 is 0 Å². The minimum absolute atomic E-state index is 0.0860. The number of anilines is 2. The first-order valence-electron chi connectivity index (χ1n) is 6.22. The van der Waals surface area contributed by atoms with Gasteiger partial charge in [0.15, 0.2) is 0 Å². The highest BCUT2D eigenvalue weighted by Crippen LogP contribution is 2.21. The minimum Gasteiger partial charge on any atom is -0.370 e. The highest BCUT2D eigenvalue weighted by molar-refractivity contribution is 5.79. The summed E-state index contributed by atoms with van der Waals surface area (Å²) in [6, 6.07) is 0.111. The Bertz CT molecular complexity index is 460. The topological polar surface area (TPSA) is 78.9 Å². The second-order valence-corrected chi connectivity index (χ2v) is 4.47. The van der Waals surface area contributed by atoms with Crippen LogP contribution in [-0.2, 0) is 4.79 Å². The van der Waals surface area contributed by atoms with E-state index in [0.29, 0.717) is 13.0 Å². The fourth-order valence-electron chi connectivity index (χ4n) is 2.01. The SMILES string of the molecule is CCNc1nc(C)nc(NC2CNC(=O)C2)c1C. The molecule has 1 saturated heterocycles. The molecule has 1 aliphatic heterocycles. The first kappa shape index (κ1) is 12.6. The standard InChI is InChI=1S/C12H19N5O/c1-4-13-11-7(2)12(16-8(3)15-11)17-9-5-10(18)14-6-9/h9H,4-6H2,1-3H3,(H,14,18)(H2,13,15,16,17). The van der Waals surface area contributed by atoms with Gasteiger partial charge in [-0.3, -0.25) is 4.79 Å². The fraction of sp³-hybridized carbons (Fsp3) is 0.583. The molecular weight excluding hydrogens is 230 g/mol. The lowest BCUT2D eigenvalue weighted by Crippen LogP contribution is -2.24. The molecule has 3 N–H and O–H groups in total. The maximum Gasteiger partial charge on any atom is 0.222 e. The van der Waals surface area contributed by atoms with Crippen LogP contribution in [0, 0.1) is 13.8 Å². The summed E-state index contributed by atoms with van der Waals surface area (Å²) in [6.45, 7) is 7.34. The number of hydrogen-bond donors (Lipinski definition) is 3. The quantitative estimate of drug-likeness (QED) is 0.736. The maximum absolute atomic E-state index is 11.2. The zero-order chi connectivity index (χ0) is 13.1. The van der Waals surface area contributed by atoms with Crippen molar-refractivity contribution in [2.24, 2.45) is 0 Å².